The number of sulfonamides is 1. The highest BCUT2D eigenvalue weighted by atomic mass is 32.2. The number of nitrogens with zero attached hydrogens (tertiary/aromatic N) is 2. The quantitative estimate of drug-likeness (QED) is 0.255. The predicted molar refractivity (Wildman–Crippen MR) is 199 cm³/mol. The summed E-state index contributed by atoms with van der Waals surface area (Å²) in [7, 11) is -2.46. The number of amides is 4. The van der Waals surface area contributed by atoms with Crippen LogP contribution in [0.15, 0.2) is 36.5 Å². The maximum absolute atomic E-state index is 14.6. The summed E-state index contributed by atoms with van der Waals surface area (Å²) in [6.07, 6.45) is 6.66. The van der Waals surface area contributed by atoms with Crippen molar-refractivity contribution in [3.8, 4) is 17.4 Å². The Bertz CT molecular complexity index is 1930. The lowest BCUT2D eigenvalue weighted by Gasteiger charge is -2.33. The molecule has 2 saturated carbocycles. The van der Waals surface area contributed by atoms with E-state index in [1.165, 1.54) is 11.1 Å². The van der Waals surface area contributed by atoms with Gasteiger partial charge in [0.15, 0.2) is 0 Å². The third kappa shape index (κ3) is 7.80. The number of ether oxygens (including phenoxy) is 3. The summed E-state index contributed by atoms with van der Waals surface area (Å²) in [6, 6.07) is 3.00. The van der Waals surface area contributed by atoms with Crippen LogP contribution in [0.25, 0.3) is 10.8 Å². The summed E-state index contributed by atoms with van der Waals surface area (Å²) >= 11 is 0. The van der Waals surface area contributed by atoms with Gasteiger partial charge in [0.25, 0.3) is 5.91 Å². The van der Waals surface area contributed by atoms with E-state index >= 15 is 0 Å². The predicted octanol–water partition coefficient (Wildman–Crippen LogP) is 3.90. The molecule has 2 aliphatic carbocycles. The summed E-state index contributed by atoms with van der Waals surface area (Å²) in [5.41, 5.74) is -1.55. The second kappa shape index (κ2) is 15.3. The molecule has 4 aliphatic rings. The van der Waals surface area contributed by atoms with Gasteiger partial charge in [-0.2, -0.15) is 0 Å². The van der Waals surface area contributed by atoms with Gasteiger partial charge in [0.05, 0.1) is 31.2 Å². The summed E-state index contributed by atoms with van der Waals surface area (Å²) in [5, 5.41) is 16.5. The molecule has 2 aromatic rings. The zero-order chi connectivity index (χ0) is 39.0. The Balaban J connectivity index is 1.36. The largest absolute Gasteiger partial charge is 0.497 e. The molecule has 3 heterocycles. The molecule has 54 heavy (non-hydrogen) atoms. The van der Waals surface area contributed by atoms with Gasteiger partial charge >= 0.3 is 6.09 Å². The van der Waals surface area contributed by atoms with E-state index < -0.39 is 68.2 Å². The van der Waals surface area contributed by atoms with Crippen molar-refractivity contribution in [2.45, 2.75) is 108 Å². The van der Waals surface area contributed by atoms with Crippen molar-refractivity contribution in [3.63, 3.8) is 0 Å². The monoisotopic (exact) mass is 769 g/mol. The average molecular weight is 770 g/mol. The SMILES string of the molecule is CCOc1cnc(O[C@@H]2C[C@H]3C(=O)N[C@]4(C(=O)NS(=O)(=O)C5(C)CC5)C[C@H]4/C=C\CC[C@@H](C)C[C@@H](CC)[C@H](NC(=O)O)C(=O)N3C2)c2ccc(OC)cc12. The van der Waals surface area contributed by atoms with Crippen LogP contribution in [-0.4, -0.2) is 96.0 Å². The summed E-state index contributed by atoms with van der Waals surface area (Å²) in [5.74, 6) is -1.45. The highest BCUT2D eigenvalue weighted by Crippen LogP contribution is 2.48. The fourth-order valence-corrected chi connectivity index (χ4v) is 9.08. The van der Waals surface area contributed by atoms with Gasteiger partial charge < -0.3 is 34.9 Å². The summed E-state index contributed by atoms with van der Waals surface area (Å²) in [4.78, 5) is 60.8. The Kier molecular flexibility index (Phi) is 11.1. The van der Waals surface area contributed by atoms with Gasteiger partial charge in [-0.15, -0.1) is 0 Å². The van der Waals surface area contributed by atoms with Crippen LogP contribution in [0.2, 0.25) is 0 Å². The molecule has 1 saturated heterocycles. The van der Waals surface area contributed by atoms with Crippen molar-refractivity contribution < 1.29 is 46.9 Å². The van der Waals surface area contributed by atoms with Gasteiger partial charge in [0.1, 0.15) is 35.2 Å². The second-order valence-electron chi connectivity index (χ2n) is 15.4. The van der Waals surface area contributed by atoms with Crippen LogP contribution in [-0.2, 0) is 24.4 Å². The van der Waals surface area contributed by atoms with Crippen molar-refractivity contribution in [1.82, 2.24) is 25.2 Å². The van der Waals surface area contributed by atoms with Crippen molar-refractivity contribution in [2.75, 3.05) is 20.3 Å². The van der Waals surface area contributed by atoms with Crippen LogP contribution in [0.5, 0.6) is 17.4 Å². The third-order valence-corrected chi connectivity index (χ3v) is 13.6. The second-order valence-corrected chi connectivity index (χ2v) is 17.5. The molecule has 15 nitrogen and oxygen atoms in total. The molecule has 2 aliphatic heterocycles. The minimum absolute atomic E-state index is 0.00826. The van der Waals surface area contributed by atoms with Crippen LogP contribution in [0.1, 0.15) is 79.1 Å². The third-order valence-electron chi connectivity index (χ3n) is 11.5. The van der Waals surface area contributed by atoms with E-state index in [-0.39, 0.29) is 37.1 Å². The number of rotatable bonds is 10. The van der Waals surface area contributed by atoms with E-state index in [0.29, 0.717) is 61.0 Å². The number of carboxylic acid groups (broad SMARTS) is 1. The minimum atomic E-state index is -4.01. The zero-order valence-electron chi connectivity index (χ0n) is 31.4. The van der Waals surface area contributed by atoms with Crippen LogP contribution in [0.3, 0.4) is 0 Å². The van der Waals surface area contributed by atoms with Crippen LogP contribution in [0, 0.1) is 17.8 Å². The summed E-state index contributed by atoms with van der Waals surface area (Å²) < 4.78 is 45.2. The van der Waals surface area contributed by atoms with E-state index in [0.717, 1.165) is 6.42 Å². The number of hydrogen-bond acceptors (Lipinski definition) is 10. The van der Waals surface area contributed by atoms with E-state index in [9.17, 15) is 32.7 Å². The first kappa shape index (κ1) is 39.1. The lowest BCUT2D eigenvalue weighted by molar-refractivity contribution is -0.142. The molecule has 0 unspecified atom stereocenters. The number of nitrogens with one attached hydrogen (secondary N) is 3. The first-order valence-corrected chi connectivity index (χ1v) is 20.2. The number of pyridine rings is 1. The molecule has 0 spiro atoms. The van der Waals surface area contributed by atoms with E-state index in [2.05, 4.69) is 20.3 Å². The van der Waals surface area contributed by atoms with Crippen LogP contribution < -0.4 is 29.6 Å². The molecule has 1 aromatic heterocycles. The molecular formula is C38H51N5O10S. The van der Waals surface area contributed by atoms with E-state index in [1.54, 1.807) is 32.2 Å². The van der Waals surface area contributed by atoms with Gasteiger partial charge in [-0.1, -0.05) is 32.4 Å². The number of methoxy groups -OCH3 is 1. The molecular weight excluding hydrogens is 719 g/mol. The molecule has 4 amide bonds. The number of allylic oxidation sites excluding steroid dienone is 1. The Morgan fingerprint density at radius 2 is 1.91 bits per heavy atom. The highest BCUT2D eigenvalue weighted by Gasteiger charge is 2.63. The van der Waals surface area contributed by atoms with Gasteiger partial charge in [-0.3, -0.25) is 19.1 Å². The molecule has 0 bridgehead atoms. The highest BCUT2D eigenvalue weighted by molar-refractivity contribution is 7.91. The number of hydrogen-bond donors (Lipinski definition) is 4. The lowest BCUT2D eigenvalue weighted by Crippen LogP contribution is -2.59. The van der Waals surface area contributed by atoms with E-state index in [1.807, 2.05) is 32.9 Å². The molecule has 6 rings (SSSR count). The first-order chi connectivity index (χ1) is 25.6. The molecule has 294 valence electrons. The molecule has 16 heteroatoms. The molecule has 4 N–H and O–H groups in total. The number of fused-ring (bicyclic) bond motifs is 3. The van der Waals surface area contributed by atoms with Crippen molar-refractivity contribution in [2.24, 2.45) is 17.8 Å². The maximum atomic E-state index is 14.6. The fourth-order valence-electron chi connectivity index (χ4n) is 7.77. The van der Waals surface area contributed by atoms with Gasteiger partial charge in [0, 0.05) is 23.1 Å². The van der Waals surface area contributed by atoms with Crippen LogP contribution in [0.4, 0.5) is 4.79 Å². The molecule has 7 atom stereocenters. The number of aromatic nitrogens is 1. The standard InChI is InChI=1S/C38H51N5O10S/c1-6-23-16-22(3)10-8-9-11-24-19-38(24,35(46)42-54(49,50)37(4)14-15-37)41-32(44)29-18-26(21-43(29)34(45)31(23)40-36(47)48)53-33-27-13-12-25(51-5)17-28(27)30(20-39-33)52-7-2/h9,11-13,17,20,22-24,26,29,31,40H,6-8,10,14-16,18-19,21H2,1-5H3,(H,41,44)(H,42,46)(H,47,48)/b11-9-/t22-,23-,24-,26-,29+,31+,38-/m1/s1. The summed E-state index contributed by atoms with van der Waals surface area (Å²) in [6.45, 7) is 7.70. The van der Waals surface area contributed by atoms with Crippen molar-refractivity contribution in [1.29, 1.82) is 0 Å². The minimum Gasteiger partial charge on any atom is -0.497 e. The van der Waals surface area contributed by atoms with Crippen LogP contribution >= 0.6 is 0 Å². The van der Waals surface area contributed by atoms with E-state index in [4.69, 9.17) is 14.2 Å². The Morgan fingerprint density at radius 1 is 1.15 bits per heavy atom. The number of carbonyl (C=O) groups is 4. The molecule has 1 aromatic carbocycles. The van der Waals surface area contributed by atoms with Crippen molar-refractivity contribution >= 4 is 44.6 Å². The van der Waals surface area contributed by atoms with Gasteiger partial charge in [-0.25, -0.2) is 18.2 Å². The van der Waals surface area contributed by atoms with Gasteiger partial charge in [0.2, 0.25) is 27.7 Å². The normalized spacial score (nSPS) is 30.1. The maximum Gasteiger partial charge on any atom is 0.405 e. The fraction of sp³-hybridized carbons (Fsp3) is 0.605. The number of carbonyl (C=O) groups excluding carboxylic acids is 3. The first-order valence-electron chi connectivity index (χ1n) is 18.8. The lowest BCUT2D eigenvalue weighted by atomic mass is 9.85. The molecule has 0 radical (unpaired) electrons. The Morgan fingerprint density at radius 3 is 2.57 bits per heavy atom. The Labute approximate surface area is 315 Å². The topological polar surface area (TPSA) is 203 Å². The number of benzene rings is 1. The smallest absolute Gasteiger partial charge is 0.405 e. The van der Waals surface area contributed by atoms with Crippen molar-refractivity contribution in [3.05, 3.63) is 36.5 Å². The average Bonchev–Trinajstić information content (AvgIpc) is 4.01. The Hall–Kier alpha value is -4.60. The molecule has 3 fully saturated rings. The zero-order valence-corrected chi connectivity index (χ0v) is 32.2. The van der Waals surface area contributed by atoms with Gasteiger partial charge in [-0.05, 0) is 82.4 Å².